The fourth-order valence-corrected chi connectivity index (χ4v) is 3.75. The number of rotatable bonds is 4. The Morgan fingerprint density at radius 2 is 1.75 bits per heavy atom. The molecule has 1 aliphatic heterocycles. The normalized spacial score (nSPS) is 29.1. The van der Waals surface area contributed by atoms with E-state index in [2.05, 4.69) is 0 Å². The van der Waals surface area contributed by atoms with E-state index >= 15 is 0 Å². The van der Waals surface area contributed by atoms with E-state index in [9.17, 15) is 0 Å². The van der Waals surface area contributed by atoms with Crippen LogP contribution in [-0.2, 0) is 4.74 Å². The highest BCUT2D eigenvalue weighted by Gasteiger charge is 2.40. The summed E-state index contributed by atoms with van der Waals surface area (Å²) in [6.45, 7) is 0. The second-order valence-electron chi connectivity index (χ2n) is 5.43. The molecule has 3 heteroatoms. The van der Waals surface area contributed by atoms with Crippen LogP contribution < -0.4 is 0 Å². The summed E-state index contributed by atoms with van der Waals surface area (Å²) in [5.41, 5.74) is 0.242. The van der Waals surface area contributed by atoms with Gasteiger partial charge in [0, 0.05) is 11.8 Å². The predicted molar refractivity (Wildman–Crippen MR) is 69.5 cm³/mol. The highest BCUT2D eigenvalue weighted by Crippen LogP contribution is 2.43. The van der Waals surface area contributed by atoms with Gasteiger partial charge in [0.05, 0.1) is 11.7 Å². The Morgan fingerprint density at radius 1 is 1.06 bits per heavy atom. The maximum atomic E-state index is 6.31. The Bertz CT molecular complexity index is 210. The molecule has 0 amide bonds. The first kappa shape index (κ1) is 13.0. The molecule has 2 fully saturated rings. The average Bonchev–Trinajstić information content (AvgIpc) is 2.70. The van der Waals surface area contributed by atoms with Crippen molar-refractivity contribution in [1.82, 2.24) is 0 Å². The van der Waals surface area contributed by atoms with Crippen LogP contribution in [0.15, 0.2) is 0 Å². The molecule has 1 saturated carbocycles. The Labute approximate surface area is 109 Å². The molecule has 1 saturated heterocycles. The first-order chi connectivity index (χ1) is 7.78. The third-order valence-corrected chi connectivity index (χ3v) is 5.01. The zero-order chi connectivity index (χ0) is 11.4. The van der Waals surface area contributed by atoms with Crippen LogP contribution in [0, 0.1) is 5.92 Å². The molecule has 0 aromatic carbocycles. The quantitative estimate of drug-likeness (QED) is 0.686. The SMILES string of the molecule is ClCC(CCl)CC1CCC2(CCCCC2)O1. The molecule has 0 radical (unpaired) electrons. The van der Waals surface area contributed by atoms with Gasteiger partial charge in [-0.1, -0.05) is 19.3 Å². The molecule has 1 aliphatic carbocycles. The van der Waals surface area contributed by atoms with E-state index in [0.717, 1.165) is 6.42 Å². The lowest BCUT2D eigenvalue weighted by Crippen LogP contribution is -2.32. The van der Waals surface area contributed by atoms with Gasteiger partial charge >= 0.3 is 0 Å². The molecule has 1 spiro atoms. The Hall–Kier alpha value is 0.540. The second-order valence-corrected chi connectivity index (χ2v) is 6.05. The van der Waals surface area contributed by atoms with Gasteiger partial charge in [0.25, 0.3) is 0 Å². The molecular formula is C13H22Cl2O. The second kappa shape index (κ2) is 5.93. The lowest BCUT2D eigenvalue weighted by atomic mass is 9.83. The Balaban J connectivity index is 1.82. The molecule has 1 nitrogen and oxygen atoms in total. The van der Waals surface area contributed by atoms with Crippen LogP contribution in [0.4, 0.5) is 0 Å². The molecule has 1 atom stereocenters. The molecular weight excluding hydrogens is 243 g/mol. The molecule has 2 rings (SSSR count). The zero-order valence-corrected chi connectivity index (χ0v) is 11.4. The molecule has 0 N–H and O–H groups in total. The molecule has 2 aliphatic rings. The van der Waals surface area contributed by atoms with Gasteiger partial charge in [0.1, 0.15) is 0 Å². The van der Waals surface area contributed by atoms with E-state index < -0.39 is 0 Å². The van der Waals surface area contributed by atoms with Crippen LogP contribution >= 0.6 is 23.2 Å². The zero-order valence-electron chi connectivity index (χ0n) is 9.89. The van der Waals surface area contributed by atoms with E-state index in [0.29, 0.717) is 23.8 Å². The summed E-state index contributed by atoms with van der Waals surface area (Å²) in [6, 6.07) is 0. The maximum Gasteiger partial charge on any atom is 0.0687 e. The number of hydrogen-bond acceptors (Lipinski definition) is 1. The van der Waals surface area contributed by atoms with Crippen molar-refractivity contribution in [3.8, 4) is 0 Å². The van der Waals surface area contributed by atoms with Gasteiger partial charge in [-0.2, -0.15) is 0 Å². The van der Waals surface area contributed by atoms with E-state index in [4.69, 9.17) is 27.9 Å². The van der Waals surface area contributed by atoms with Crippen molar-refractivity contribution in [1.29, 1.82) is 0 Å². The van der Waals surface area contributed by atoms with Crippen molar-refractivity contribution >= 4 is 23.2 Å². The summed E-state index contributed by atoms with van der Waals surface area (Å²) in [6.07, 6.45) is 10.6. The van der Waals surface area contributed by atoms with Crippen molar-refractivity contribution in [2.45, 2.75) is 63.1 Å². The van der Waals surface area contributed by atoms with Crippen LogP contribution in [0.2, 0.25) is 0 Å². The summed E-state index contributed by atoms with van der Waals surface area (Å²) in [4.78, 5) is 0. The van der Waals surface area contributed by atoms with Crippen molar-refractivity contribution in [2.75, 3.05) is 11.8 Å². The number of halogens is 2. The van der Waals surface area contributed by atoms with Crippen molar-refractivity contribution in [3.63, 3.8) is 0 Å². The van der Waals surface area contributed by atoms with Crippen LogP contribution in [0.5, 0.6) is 0 Å². The summed E-state index contributed by atoms with van der Waals surface area (Å²) in [5, 5.41) is 0. The third kappa shape index (κ3) is 3.05. The van der Waals surface area contributed by atoms with E-state index in [1.807, 2.05) is 0 Å². The number of hydrogen-bond donors (Lipinski definition) is 0. The van der Waals surface area contributed by atoms with E-state index in [1.54, 1.807) is 0 Å². The first-order valence-electron chi connectivity index (χ1n) is 6.58. The van der Waals surface area contributed by atoms with Gasteiger partial charge in [-0.15, -0.1) is 23.2 Å². The van der Waals surface area contributed by atoms with Crippen molar-refractivity contribution in [3.05, 3.63) is 0 Å². The molecule has 1 unspecified atom stereocenters. The Kier molecular flexibility index (Phi) is 4.81. The first-order valence-corrected chi connectivity index (χ1v) is 7.65. The summed E-state index contributed by atoms with van der Waals surface area (Å²) in [7, 11) is 0. The topological polar surface area (TPSA) is 9.23 Å². The van der Waals surface area contributed by atoms with Gasteiger partial charge in [-0.25, -0.2) is 0 Å². The predicted octanol–water partition coefficient (Wildman–Crippen LogP) is 4.35. The van der Waals surface area contributed by atoms with Crippen LogP contribution in [0.3, 0.4) is 0 Å². The van der Waals surface area contributed by atoms with Crippen LogP contribution in [0.25, 0.3) is 0 Å². The number of ether oxygens (including phenoxy) is 1. The highest BCUT2D eigenvalue weighted by atomic mass is 35.5. The largest absolute Gasteiger partial charge is 0.372 e. The molecule has 16 heavy (non-hydrogen) atoms. The maximum absolute atomic E-state index is 6.31. The van der Waals surface area contributed by atoms with Gasteiger partial charge in [-0.3, -0.25) is 0 Å². The Morgan fingerprint density at radius 3 is 2.38 bits per heavy atom. The summed E-state index contributed by atoms with van der Waals surface area (Å²) < 4.78 is 6.31. The summed E-state index contributed by atoms with van der Waals surface area (Å²) in [5.74, 6) is 1.75. The van der Waals surface area contributed by atoms with Gasteiger partial charge in [-0.05, 0) is 38.0 Å². The highest BCUT2D eigenvalue weighted by molar-refractivity contribution is 6.20. The molecule has 0 aromatic heterocycles. The van der Waals surface area contributed by atoms with Crippen LogP contribution in [0.1, 0.15) is 51.4 Å². The standard InChI is InChI=1S/C13H22Cl2O/c14-9-11(10-15)8-12-4-7-13(16-12)5-2-1-3-6-13/h11-12H,1-10H2. The van der Waals surface area contributed by atoms with Gasteiger partial charge in [0.2, 0.25) is 0 Å². The van der Waals surface area contributed by atoms with E-state index in [1.165, 1.54) is 44.9 Å². The monoisotopic (exact) mass is 264 g/mol. The minimum atomic E-state index is 0.242. The minimum absolute atomic E-state index is 0.242. The van der Waals surface area contributed by atoms with E-state index in [-0.39, 0.29) is 5.60 Å². The molecule has 0 aromatic rings. The van der Waals surface area contributed by atoms with Crippen molar-refractivity contribution in [2.24, 2.45) is 5.92 Å². The minimum Gasteiger partial charge on any atom is -0.372 e. The van der Waals surface area contributed by atoms with Crippen LogP contribution in [-0.4, -0.2) is 23.5 Å². The lowest BCUT2D eigenvalue weighted by Gasteiger charge is -2.33. The van der Waals surface area contributed by atoms with Gasteiger partial charge in [0.15, 0.2) is 0 Å². The summed E-state index contributed by atoms with van der Waals surface area (Å²) >= 11 is 11.8. The average molecular weight is 265 g/mol. The smallest absolute Gasteiger partial charge is 0.0687 e. The third-order valence-electron chi connectivity index (χ3n) is 4.14. The number of alkyl halides is 2. The van der Waals surface area contributed by atoms with Gasteiger partial charge < -0.3 is 4.74 Å². The lowest BCUT2D eigenvalue weighted by molar-refractivity contribution is -0.0684. The molecule has 1 heterocycles. The van der Waals surface area contributed by atoms with Crippen molar-refractivity contribution < 1.29 is 4.74 Å². The fraction of sp³-hybridized carbons (Fsp3) is 1.00. The fourth-order valence-electron chi connectivity index (χ4n) is 3.16. The molecule has 0 bridgehead atoms. The molecule has 94 valence electrons.